The van der Waals surface area contributed by atoms with Gasteiger partial charge in [0.1, 0.15) is 0 Å². The number of benzene rings is 4. The molecule has 0 radical (unpaired) electrons. The Bertz CT molecular complexity index is 1240. The Morgan fingerprint density at radius 1 is 0.645 bits per heavy atom. The first-order chi connectivity index (χ1) is 15.1. The molecule has 4 nitrogen and oxygen atoms in total. The number of rotatable bonds is 6. The molecule has 4 rings (SSSR count). The number of para-hydroxylation sites is 1. The van der Waals surface area contributed by atoms with Gasteiger partial charge in [0.05, 0.1) is 4.90 Å². The molecule has 0 bridgehead atoms. The molecule has 4 aromatic carbocycles. The van der Waals surface area contributed by atoms with Crippen LogP contribution < -0.4 is 4.90 Å². The molecule has 0 unspecified atom stereocenters. The molecule has 0 spiro atoms. The molecular formula is C26H22N2O2S. The lowest BCUT2D eigenvalue weighted by molar-refractivity contribution is 0.598. The minimum absolute atomic E-state index is 0.163. The summed E-state index contributed by atoms with van der Waals surface area (Å²) in [4.78, 5) is 2.10. The van der Waals surface area contributed by atoms with E-state index in [2.05, 4.69) is 4.40 Å². The van der Waals surface area contributed by atoms with E-state index < -0.39 is 10.0 Å². The van der Waals surface area contributed by atoms with E-state index in [4.69, 9.17) is 0 Å². The van der Waals surface area contributed by atoms with Crippen LogP contribution in [0.4, 0.5) is 5.69 Å². The van der Waals surface area contributed by atoms with E-state index in [1.54, 1.807) is 30.3 Å². The summed E-state index contributed by atoms with van der Waals surface area (Å²) in [5, 5.41) is 0. The van der Waals surface area contributed by atoms with E-state index in [-0.39, 0.29) is 4.90 Å². The smallest absolute Gasteiger partial charge is 0.284 e. The number of amidine groups is 1. The fourth-order valence-corrected chi connectivity index (χ4v) is 4.30. The molecule has 0 heterocycles. The lowest BCUT2D eigenvalue weighted by atomic mass is 10.1. The minimum Gasteiger partial charge on any atom is -0.321 e. The largest absolute Gasteiger partial charge is 0.321 e. The average molecular weight is 427 g/mol. The third-order valence-corrected chi connectivity index (χ3v) is 6.07. The van der Waals surface area contributed by atoms with Gasteiger partial charge in [0.2, 0.25) is 0 Å². The zero-order valence-electron chi connectivity index (χ0n) is 16.9. The summed E-state index contributed by atoms with van der Waals surface area (Å²) < 4.78 is 30.7. The second-order valence-electron chi connectivity index (χ2n) is 6.98. The van der Waals surface area contributed by atoms with Gasteiger partial charge in [-0.2, -0.15) is 8.42 Å². The van der Waals surface area contributed by atoms with E-state index in [1.807, 2.05) is 95.9 Å². The van der Waals surface area contributed by atoms with E-state index in [9.17, 15) is 8.42 Å². The third-order valence-electron chi connectivity index (χ3n) is 4.79. The SMILES string of the molecule is O=S(=O)(N=C(c1ccccc1)N(Cc1ccccc1)c1ccccc1)c1ccccc1. The number of nitrogens with zero attached hydrogens (tertiary/aromatic N) is 2. The Hall–Kier alpha value is -3.70. The highest BCUT2D eigenvalue weighted by molar-refractivity contribution is 7.90. The minimum atomic E-state index is -3.91. The zero-order chi connectivity index (χ0) is 21.5. The molecule has 0 amide bonds. The third kappa shape index (κ3) is 5.08. The van der Waals surface area contributed by atoms with Crippen LogP contribution in [0, 0.1) is 0 Å². The second kappa shape index (κ2) is 9.41. The van der Waals surface area contributed by atoms with Crippen LogP contribution in [0.5, 0.6) is 0 Å². The number of sulfonamides is 1. The number of hydrogen-bond acceptors (Lipinski definition) is 2. The Kier molecular flexibility index (Phi) is 6.24. The number of hydrogen-bond donors (Lipinski definition) is 0. The summed E-state index contributed by atoms with van der Waals surface area (Å²) in [6, 6.07) is 37.4. The summed E-state index contributed by atoms with van der Waals surface area (Å²) in [7, 11) is -3.91. The van der Waals surface area contributed by atoms with E-state index in [0.717, 1.165) is 16.8 Å². The Labute approximate surface area is 183 Å². The van der Waals surface area contributed by atoms with Crippen molar-refractivity contribution in [1.82, 2.24) is 0 Å². The highest BCUT2D eigenvalue weighted by Crippen LogP contribution is 2.23. The average Bonchev–Trinajstić information content (AvgIpc) is 2.84. The zero-order valence-corrected chi connectivity index (χ0v) is 17.7. The highest BCUT2D eigenvalue weighted by atomic mass is 32.2. The van der Waals surface area contributed by atoms with E-state index in [0.29, 0.717) is 12.4 Å². The Morgan fingerprint density at radius 3 is 1.71 bits per heavy atom. The number of anilines is 1. The van der Waals surface area contributed by atoms with Crippen molar-refractivity contribution < 1.29 is 8.42 Å². The standard InChI is InChI=1S/C26H22N2O2S/c29-31(30,25-19-11-4-12-20-25)27-26(23-15-7-2-8-16-23)28(24-17-9-3-10-18-24)21-22-13-5-1-6-14-22/h1-20H,21H2. The first-order valence-electron chi connectivity index (χ1n) is 9.95. The maximum atomic E-state index is 13.2. The molecule has 0 saturated carbocycles. The van der Waals surface area contributed by atoms with Crippen molar-refractivity contribution in [1.29, 1.82) is 0 Å². The quantitative estimate of drug-likeness (QED) is 0.301. The molecule has 0 aromatic heterocycles. The molecule has 0 fully saturated rings. The fourth-order valence-electron chi connectivity index (χ4n) is 3.27. The Morgan fingerprint density at radius 2 is 1.13 bits per heavy atom. The van der Waals surface area contributed by atoms with Crippen molar-refractivity contribution in [2.75, 3.05) is 4.90 Å². The van der Waals surface area contributed by atoms with Gasteiger partial charge in [-0.15, -0.1) is 4.40 Å². The maximum Gasteiger partial charge on any atom is 0.284 e. The topological polar surface area (TPSA) is 49.7 Å². The molecule has 0 saturated heterocycles. The first kappa shape index (κ1) is 20.6. The highest BCUT2D eigenvalue weighted by Gasteiger charge is 2.21. The van der Waals surface area contributed by atoms with Gasteiger partial charge < -0.3 is 4.90 Å². The predicted molar refractivity (Wildman–Crippen MR) is 126 cm³/mol. The second-order valence-corrected chi connectivity index (χ2v) is 8.58. The van der Waals surface area contributed by atoms with Crippen LogP contribution in [0.1, 0.15) is 11.1 Å². The van der Waals surface area contributed by atoms with Crippen molar-refractivity contribution in [3.8, 4) is 0 Å². The van der Waals surface area contributed by atoms with Crippen LogP contribution in [0.15, 0.2) is 131 Å². The van der Waals surface area contributed by atoms with Crippen LogP contribution in [0.25, 0.3) is 0 Å². The molecule has 154 valence electrons. The molecule has 0 aliphatic rings. The van der Waals surface area contributed by atoms with Crippen molar-refractivity contribution in [3.05, 3.63) is 132 Å². The summed E-state index contributed by atoms with van der Waals surface area (Å²) >= 11 is 0. The molecular weight excluding hydrogens is 404 g/mol. The van der Waals surface area contributed by atoms with E-state index >= 15 is 0 Å². The van der Waals surface area contributed by atoms with Crippen LogP contribution in [0.3, 0.4) is 0 Å². The Balaban J connectivity index is 1.89. The summed E-state index contributed by atoms with van der Waals surface area (Å²) in [6.07, 6.45) is 0. The predicted octanol–water partition coefficient (Wildman–Crippen LogP) is 5.53. The maximum absolute atomic E-state index is 13.2. The summed E-state index contributed by atoms with van der Waals surface area (Å²) in [5.41, 5.74) is 2.63. The van der Waals surface area contributed by atoms with Crippen LogP contribution in [-0.2, 0) is 16.6 Å². The first-order valence-corrected chi connectivity index (χ1v) is 11.4. The monoisotopic (exact) mass is 426 g/mol. The lowest BCUT2D eigenvalue weighted by Gasteiger charge is -2.26. The summed E-state index contributed by atoms with van der Waals surface area (Å²) in [5.74, 6) is 0.375. The normalized spacial score (nSPS) is 11.8. The van der Waals surface area contributed by atoms with Gasteiger partial charge in [-0.25, -0.2) is 0 Å². The van der Waals surface area contributed by atoms with Gasteiger partial charge in [0.25, 0.3) is 10.0 Å². The molecule has 0 N–H and O–H groups in total. The molecule has 0 aliphatic heterocycles. The summed E-state index contributed by atoms with van der Waals surface area (Å²) in [6.45, 7) is 0.475. The fraction of sp³-hybridized carbons (Fsp3) is 0.0385. The molecule has 31 heavy (non-hydrogen) atoms. The molecule has 4 aromatic rings. The van der Waals surface area contributed by atoms with Crippen molar-refractivity contribution in [2.45, 2.75) is 11.4 Å². The van der Waals surface area contributed by atoms with Crippen molar-refractivity contribution in [3.63, 3.8) is 0 Å². The van der Waals surface area contributed by atoms with Gasteiger partial charge in [-0.05, 0) is 29.8 Å². The van der Waals surface area contributed by atoms with Crippen LogP contribution in [0.2, 0.25) is 0 Å². The molecule has 0 aliphatic carbocycles. The van der Waals surface area contributed by atoms with Gasteiger partial charge in [0.15, 0.2) is 5.84 Å². The molecule has 5 heteroatoms. The van der Waals surface area contributed by atoms with Crippen molar-refractivity contribution in [2.24, 2.45) is 4.40 Å². The van der Waals surface area contributed by atoms with Gasteiger partial charge in [-0.3, -0.25) is 0 Å². The van der Waals surface area contributed by atoms with Crippen LogP contribution >= 0.6 is 0 Å². The van der Waals surface area contributed by atoms with Crippen molar-refractivity contribution >= 4 is 21.5 Å². The van der Waals surface area contributed by atoms with E-state index in [1.165, 1.54) is 0 Å². The van der Waals surface area contributed by atoms with Gasteiger partial charge in [-0.1, -0.05) is 97.1 Å². The molecule has 0 atom stereocenters. The lowest BCUT2D eigenvalue weighted by Crippen LogP contribution is -2.32. The van der Waals surface area contributed by atoms with Gasteiger partial charge >= 0.3 is 0 Å². The van der Waals surface area contributed by atoms with Gasteiger partial charge in [0, 0.05) is 17.8 Å². The van der Waals surface area contributed by atoms with Crippen LogP contribution in [-0.4, -0.2) is 14.3 Å².